The van der Waals surface area contributed by atoms with Crippen LogP contribution in [-0.2, 0) is 11.3 Å². The number of nitrogens with zero attached hydrogens (tertiary/aromatic N) is 1. The highest BCUT2D eigenvalue weighted by molar-refractivity contribution is 5.82. The summed E-state index contributed by atoms with van der Waals surface area (Å²) in [5.41, 5.74) is 6.07. The highest BCUT2D eigenvalue weighted by Gasteiger charge is 2.36. The molecule has 1 aliphatic rings. The molecular weight excluding hydrogens is 240 g/mol. The van der Waals surface area contributed by atoms with Gasteiger partial charge in [-0.15, -0.1) is 0 Å². The Morgan fingerprint density at radius 3 is 2.68 bits per heavy atom. The molecule has 0 aliphatic heterocycles. The fraction of sp³-hybridized carbons (Fsp3) is 0.667. The molecule has 0 radical (unpaired) electrons. The zero-order valence-electron chi connectivity index (χ0n) is 12.1. The van der Waals surface area contributed by atoms with Crippen molar-refractivity contribution >= 4 is 5.91 Å². The van der Waals surface area contributed by atoms with Crippen molar-refractivity contribution in [2.75, 3.05) is 0 Å². The first kappa shape index (κ1) is 14.1. The quantitative estimate of drug-likeness (QED) is 0.858. The molecule has 1 aromatic heterocycles. The van der Waals surface area contributed by atoms with Crippen molar-refractivity contribution in [2.24, 2.45) is 11.7 Å². The lowest BCUT2D eigenvalue weighted by Gasteiger charge is -2.27. The molecule has 19 heavy (non-hydrogen) atoms. The first-order valence-electron chi connectivity index (χ1n) is 7.14. The van der Waals surface area contributed by atoms with Gasteiger partial charge in [-0.1, -0.05) is 20.3 Å². The van der Waals surface area contributed by atoms with E-state index in [9.17, 15) is 4.79 Å². The molecule has 0 aromatic carbocycles. The number of aryl methyl sites for hydroxylation is 1. The normalized spacial score (nSPS) is 18.1. The Hall–Kier alpha value is -1.29. The van der Waals surface area contributed by atoms with Crippen LogP contribution in [0.3, 0.4) is 0 Å². The van der Waals surface area contributed by atoms with E-state index < -0.39 is 6.04 Å². The molecule has 106 valence electrons. The minimum atomic E-state index is -0.401. The second-order valence-electron chi connectivity index (χ2n) is 5.62. The summed E-state index contributed by atoms with van der Waals surface area (Å²) in [6.45, 7) is 6.55. The molecule has 1 aromatic rings. The first-order chi connectivity index (χ1) is 9.02. The number of rotatable bonds is 6. The smallest absolute Gasteiger partial charge is 0.240 e. The summed E-state index contributed by atoms with van der Waals surface area (Å²) in [6, 6.07) is 3.82. The topological polar surface area (TPSA) is 59.5 Å². The van der Waals surface area contributed by atoms with Crippen LogP contribution in [0.15, 0.2) is 16.5 Å². The Balaban J connectivity index is 2.05. The van der Waals surface area contributed by atoms with Gasteiger partial charge in [-0.05, 0) is 37.8 Å². The van der Waals surface area contributed by atoms with Crippen LogP contribution in [0.25, 0.3) is 0 Å². The van der Waals surface area contributed by atoms with Crippen LogP contribution in [0.1, 0.15) is 44.6 Å². The zero-order chi connectivity index (χ0) is 14.0. The summed E-state index contributed by atoms with van der Waals surface area (Å²) in [6.07, 6.45) is 3.09. The third-order valence-electron chi connectivity index (χ3n) is 3.94. The van der Waals surface area contributed by atoms with E-state index in [0.29, 0.717) is 12.6 Å². The monoisotopic (exact) mass is 264 g/mol. The Morgan fingerprint density at radius 1 is 1.53 bits per heavy atom. The molecule has 1 fully saturated rings. The van der Waals surface area contributed by atoms with Gasteiger partial charge in [0.25, 0.3) is 0 Å². The van der Waals surface area contributed by atoms with Gasteiger partial charge in [0.05, 0.1) is 12.6 Å². The third kappa shape index (κ3) is 3.38. The van der Waals surface area contributed by atoms with E-state index in [-0.39, 0.29) is 11.8 Å². The van der Waals surface area contributed by atoms with E-state index in [2.05, 4.69) is 6.92 Å². The van der Waals surface area contributed by atoms with Crippen molar-refractivity contribution in [3.63, 3.8) is 0 Å². The summed E-state index contributed by atoms with van der Waals surface area (Å²) < 4.78 is 5.57. The number of hydrogen-bond donors (Lipinski definition) is 1. The molecule has 4 nitrogen and oxygen atoms in total. The van der Waals surface area contributed by atoms with E-state index in [1.54, 1.807) is 0 Å². The number of carbonyl (C=O) groups is 1. The molecule has 1 heterocycles. The average Bonchev–Trinajstić information content (AvgIpc) is 3.16. The van der Waals surface area contributed by atoms with E-state index >= 15 is 0 Å². The average molecular weight is 264 g/mol. The SMILES string of the molecule is CC[C@H](C)[C@H](N)C(=O)N(Cc1ccc(C)o1)C1CC1. The van der Waals surface area contributed by atoms with Crippen LogP contribution >= 0.6 is 0 Å². The first-order valence-corrected chi connectivity index (χ1v) is 7.14. The van der Waals surface area contributed by atoms with E-state index in [0.717, 1.165) is 30.8 Å². The van der Waals surface area contributed by atoms with Crippen LogP contribution in [0.4, 0.5) is 0 Å². The van der Waals surface area contributed by atoms with Crippen molar-refractivity contribution in [3.8, 4) is 0 Å². The predicted octanol–water partition coefficient (Wildman–Crippen LogP) is 2.45. The molecule has 2 rings (SSSR count). The lowest BCUT2D eigenvalue weighted by molar-refractivity contribution is -0.135. The molecule has 0 unspecified atom stereocenters. The van der Waals surface area contributed by atoms with E-state index in [1.165, 1.54) is 0 Å². The van der Waals surface area contributed by atoms with Crippen molar-refractivity contribution in [1.82, 2.24) is 4.90 Å². The lowest BCUT2D eigenvalue weighted by atomic mass is 9.99. The van der Waals surface area contributed by atoms with Gasteiger partial charge in [0, 0.05) is 6.04 Å². The minimum Gasteiger partial charge on any atom is -0.464 e. The highest BCUT2D eigenvalue weighted by atomic mass is 16.3. The Kier molecular flexibility index (Phi) is 4.30. The summed E-state index contributed by atoms with van der Waals surface area (Å²) in [4.78, 5) is 14.4. The Morgan fingerprint density at radius 2 is 2.21 bits per heavy atom. The number of carbonyl (C=O) groups excluding carboxylic acids is 1. The number of nitrogens with two attached hydrogens (primary N) is 1. The second kappa shape index (κ2) is 5.78. The molecule has 0 bridgehead atoms. The minimum absolute atomic E-state index is 0.0610. The second-order valence-corrected chi connectivity index (χ2v) is 5.62. The van der Waals surface area contributed by atoms with Gasteiger partial charge in [-0.25, -0.2) is 0 Å². The van der Waals surface area contributed by atoms with Crippen molar-refractivity contribution in [2.45, 2.75) is 58.7 Å². The molecule has 1 aliphatic carbocycles. The van der Waals surface area contributed by atoms with Gasteiger partial charge in [-0.3, -0.25) is 4.79 Å². The summed E-state index contributed by atoms with van der Waals surface area (Å²) in [7, 11) is 0. The molecule has 1 saturated carbocycles. The van der Waals surface area contributed by atoms with E-state index in [1.807, 2.05) is 30.9 Å². The predicted molar refractivity (Wildman–Crippen MR) is 74.4 cm³/mol. The molecule has 2 atom stereocenters. The highest BCUT2D eigenvalue weighted by Crippen LogP contribution is 2.30. The molecule has 0 spiro atoms. The van der Waals surface area contributed by atoms with Crippen LogP contribution in [-0.4, -0.2) is 22.9 Å². The van der Waals surface area contributed by atoms with Crippen molar-refractivity contribution < 1.29 is 9.21 Å². The Labute approximate surface area is 114 Å². The third-order valence-corrected chi connectivity index (χ3v) is 3.94. The maximum absolute atomic E-state index is 12.5. The fourth-order valence-electron chi connectivity index (χ4n) is 2.20. The van der Waals surface area contributed by atoms with Crippen LogP contribution in [0.2, 0.25) is 0 Å². The molecule has 4 heteroatoms. The standard InChI is InChI=1S/C15H24N2O2/c1-4-10(2)14(16)15(18)17(12-6-7-12)9-13-8-5-11(3)19-13/h5,8,10,12,14H,4,6-7,9,16H2,1-3H3/t10-,14-/m0/s1. The maximum Gasteiger partial charge on any atom is 0.240 e. The molecule has 2 N–H and O–H groups in total. The molecule has 1 amide bonds. The van der Waals surface area contributed by atoms with Gasteiger partial charge in [0.15, 0.2) is 0 Å². The van der Waals surface area contributed by atoms with Gasteiger partial charge < -0.3 is 15.1 Å². The van der Waals surface area contributed by atoms with Gasteiger partial charge >= 0.3 is 0 Å². The molecule has 0 saturated heterocycles. The number of furan rings is 1. The van der Waals surface area contributed by atoms with Gasteiger partial charge in [0.2, 0.25) is 5.91 Å². The van der Waals surface area contributed by atoms with Crippen molar-refractivity contribution in [3.05, 3.63) is 23.7 Å². The summed E-state index contributed by atoms with van der Waals surface area (Å²) >= 11 is 0. The summed E-state index contributed by atoms with van der Waals surface area (Å²) in [5.74, 6) is 2.00. The maximum atomic E-state index is 12.5. The molecular formula is C15H24N2O2. The van der Waals surface area contributed by atoms with Gasteiger partial charge in [0.1, 0.15) is 11.5 Å². The fourth-order valence-corrected chi connectivity index (χ4v) is 2.20. The van der Waals surface area contributed by atoms with Crippen LogP contribution in [0.5, 0.6) is 0 Å². The van der Waals surface area contributed by atoms with Crippen LogP contribution < -0.4 is 5.73 Å². The summed E-state index contributed by atoms with van der Waals surface area (Å²) in [5, 5.41) is 0. The van der Waals surface area contributed by atoms with Crippen LogP contribution in [0, 0.1) is 12.8 Å². The van der Waals surface area contributed by atoms with Crippen molar-refractivity contribution in [1.29, 1.82) is 0 Å². The lowest BCUT2D eigenvalue weighted by Crippen LogP contribution is -2.47. The van der Waals surface area contributed by atoms with E-state index in [4.69, 9.17) is 10.2 Å². The Bertz CT molecular complexity index is 437. The van der Waals surface area contributed by atoms with Gasteiger partial charge in [-0.2, -0.15) is 0 Å². The number of hydrogen-bond acceptors (Lipinski definition) is 3. The number of amides is 1. The largest absolute Gasteiger partial charge is 0.464 e. The zero-order valence-corrected chi connectivity index (χ0v) is 12.1.